The second-order valence-corrected chi connectivity index (χ2v) is 5.63. The van der Waals surface area contributed by atoms with Gasteiger partial charge < -0.3 is 25.0 Å². The van der Waals surface area contributed by atoms with Crippen LogP contribution in [0.5, 0.6) is 0 Å². The van der Waals surface area contributed by atoms with E-state index in [1.165, 1.54) is 12.5 Å². The predicted molar refractivity (Wildman–Crippen MR) is 80.5 cm³/mol. The molecule has 1 aromatic rings. The minimum absolute atomic E-state index is 0.0332. The highest BCUT2D eigenvalue weighted by Crippen LogP contribution is 2.22. The summed E-state index contributed by atoms with van der Waals surface area (Å²) in [5, 5.41) is 22.4. The second kappa shape index (κ2) is 8.13. The quantitative estimate of drug-likeness (QED) is 0.476. The summed E-state index contributed by atoms with van der Waals surface area (Å²) in [4.78, 5) is 33.6. The molecule has 1 aliphatic rings. The molecule has 1 atom stereocenters. The molecule has 0 radical (unpaired) electrons. The second-order valence-electron chi connectivity index (χ2n) is 4.44. The minimum Gasteiger partial charge on any atom is -0.550 e. The number of hydrogen-bond acceptors (Lipinski definition) is 8. The Kier molecular flexibility index (Phi) is 5.92. The first-order valence-electron chi connectivity index (χ1n) is 6.63. The number of nitrogens with zero attached hydrogens (tertiary/aromatic N) is 2. The highest BCUT2D eigenvalue weighted by molar-refractivity contribution is 8.15. The maximum atomic E-state index is 11.7. The van der Waals surface area contributed by atoms with Gasteiger partial charge in [-0.15, -0.1) is 5.10 Å². The summed E-state index contributed by atoms with van der Waals surface area (Å²) in [5.41, 5.74) is 0. The summed E-state index contributed by atoms with van der Waals surface area (Å²) < 4.78 is 5.04. The Hall–Kier alpha value is -2.62. The first-order chi connectivity index (χ1) is 11.0. The maximum Gasteiger partial charge on any atom is 0.240 e. The highest BCUT2D eigenvalue weighted by atomic mass is 32.2. The number of aliphatic carboxylic acids is 1. The number of amidine groups is 1. The molecule has 1 fully saturated rings. The van der Waals surface area contributed by atoms with Crippen LogP contribution >= 0.6 is 11.8 Å². The molecular formula is C13H13N4O5S-. The Morgan fingerprint density at radius 3 is 3.04 bits per heavy atom. The average Bonchev–Trinajstić information content (AvgIpc) is 3.09. The van der Waals surface area contributed by atoms with Gasteiger partial charge in [-0.05, 0) is 12.1 Å². The van der Waals surface area contributed by atoms with Gasteiger partial charge in [0, 0.05) is 25.4 Å². The summed E-state index contributed by atoms with van der Waals surface area (Å²) >= 11 is 1.08. The van der Waals surface area contributed by atoms with E-state index in [-0.39, 0.29) is 30.5 Å². The lowest BCUT2D eigenvalue weighted by Gasteiger charge is -2.07. The van der Waals surface area contributed by atoms with Crippen molar-refractivity contribution in [3.63, 3.8) is 0 Å². The number of nitrogens with one attached hydrogen (secondary N) is 2. The summed E-state index contributed by atoms with van der Waals surface area (Å²) in [6.45, 7) is -0.0332. The third-order valence-corrected chi connectivity index (χ3v) is 3.75. The minimum atomic E-state index is -1.25. The molecule has 10 heteroatoms. The number of carbonyl (C=O) groups excluding carboxylic acids is 3. The number of carboxylic acid groups (broad SMARTS) is 1. The Morgan fingerprint density at radius 1 is 1.52 bits per heavy atom. The van der Waals surface area contributed by atoms with Crippen LogP contribution < -0.4 is 15.7 Å². The lowest BCUT2D eigenvalue weighted by atomic mass is 10.2. The molecule has 2 N–H and O–H groups in total. The van der Waals surface area contributed by atoms with E-state index in [2.05, 4.69) is 20.8 Å². The van der Waals surface area contributed by atoms with Gasteiger partial charge >= 0.3 is 0 Å². The largest absolute Gasteiger partial charge is 0.550 e. The van der Waals surface area contributed by atoms with Crippen LogP contribution in [0.1, 0.15) is 18.6 Å². The normalized spacial score (nSPS) is 19.2. The van der Waals surface area contributed by atoms with Crippen LogP contribution in [0.3, 0.4) is 0 Å². The standard InChI is InChI=1S/C13H14N4O5S/c18-10(14-4-3-11(19)20)6-9-12(21)16-13(23-9)17-15-7-8-2-1-5-22-8/h1-2,5,7,9H,3-4,6H2,(H,14,18)(H,19,20)(H,16,17,21)/p-1. The summed E-state index contributed by atoms with van der Waals surface area (Å²) in [7, 11) is 0. The van der Waals surface area contributed by atoms with Gasteiger partial charge in [0.1, 0.15) is 11.0 Å². The molecule has 9 nitrogen and oxygen atoms in total. The topological polar surface area (TPSA) is 136 Å². The van der Waals surface area contributed by atoms with Gasteiger partial charge in [0.2, 0.25) is 11.8 Å². The molecule has 122 valence electrons. The van der Waals surface area contributed by atoms with E-state index in [1.807, 2.05) is 0 Å². The van der Waals surface area contributed by atoms with Crippen molar-refractivity contribution in [3.8, 4) is 0 Å². The van der Waals surface area contributed by atoms with Gasteiger partial charge in [-0.2, -0.15) is 5.10 Å². The smallest absolute Gasteiger partial charge is 0.240 e. The predicted octanol–water partition coefficient (Wildman–Crippen LogP) is -1.15. The molecular weight excluding hydrogens is 324 g/mol. The zero-order valence-corrected chi connectivity index (χ0v) is 12.7. The lowest BCUT2D eigenvalue weighted by Crippen LogP contribution is -2.34. The van der Waals surface area contributed by atoms with Gasteiger partial charge in [0.25, 0.3) is 0 Å². The van der Waals surface area contributed by atoms with Crippen LogP contribution in [-0.2, 0) is 14.4 Å². The third-order valence-electron chi connectivity index (χ3n) is 2.68. The van der Waals surface area contributed by atoms with Crippen molar-refractivity contribution >= 4 is 40.9 Å². The summed E-state index contributed by atoms with van der Waals surface area (Å²) in [6.07, 6.45) is 2.53. The fourth-order valence-corrected chi connectivity index (χ4v) is 2.56. The number of carboxylic acids is 1. The monoisotopic (exact) mass is 337 g/mol. The van der Waals surface area contributed by atoms with E-state index >= 15 is 0 Å². The lowest BCUT2D eigenvalue weighted by molar-refractivity contribution is -0.305. The Labute approximate surface area is 135 Å². The molecule has 1 unspecified atom stereocenters. The molecule has 0 aromatic carbocycles. The molecule has 2 amide bonds. The van der Waals surface area contributed by atoms with Crippen molar-refractivity contribution in [2.75, 3.05) is 6.54 Å². The molecule has 23 heavy (non-hydrogen) atoms. The molecule has 0 spiro atoms. The van der Waals surface area contributed by atoms with E-state index in [9.17, 15) is 19.5 Å². The van der Waals surface area contributed by atoms with E-state index in [4.69, 9.17) is 4.42 Å². The average molecular weight is 337 g/mol. The summed E-state index contributed by atoms with van der Waals surface area (Å²) in [5.74, 6) is -1.49. The molecule has 1 saturated heterocycles. The molecule has 1 aliphatic heterocycles. The Morgan fingerprint density at radius 2 is 2.35 bits per heavy atom. The van der Waals surface area contributed by atoms with Gasteiger partial charge in [0.15, 0.2) is 5.17 Å². The first-order valence-corrected chi connectivity index (χ1v) is 7.51. The molecule has 0 saturated carbocycles. The molecule has 0 bridgehead atoms. The van der Waals surface area contributed by atoms with Crippen molar-refractivity contribution in [3.05, 3.63) is 24.2 Å². The van der Waals surface area contributed by atoms with E-state index in [1.54, 1.807) is 12.1 Å². The highest BCUT2D eigenvalue weighted by Gasteiger charge is 2.32. The Balaban J connectivity index is 1.80. The van der Waals surface area contributed by atoms with Crippen LogP contribution in [0.15, 0.2) is 33.0 Å². The molecule has 2 heterocycles. The number of furan rings is 1. The van der Waals surface area contributed by atoms with Crippen molar-refractivity contribution < 1.29 is 23.9 Å². The van der Waals surface area contributed by atoms with Crippen molar-refractivity contribution in [2.45, 2.75) is 18.1 Å². The van der Waals surface area contributed by atoms with Crippen LogP contribution in [-0.4, -0.2) is 41.0 Å². The van der Waals surface area contributed by atoms with Crippen molar-refractivity contribution in [1.82, 2.24) is 10.6 Å². The van der Waals surface area contributed by atoms with E-state index in [0.717, 1.165) is 11.8 Å². The number of amides is 2. The van der Waals surface area contributed by atoms with Crippen LogP contribution in [0.2, 0.25) is 0 Å². The Bertz CT molecular complexity index is 641. The number of hydrogen-bond donors (Lipinski definition) is 2. The fraction of sp³-hybridized carbons (Fsp3) is 0.308. The van der Waals surface area contributed by atoms with Gasteiger partial charge in [0.05, 0.1) is 12.5 Å². The van der Waals surface area contributed by atoms with E-state index < -0.39 is 17.1 Å². The van der Waals surface area contributed by atoms with Crippen LogP contribution in [0.4, 0.5) is 0 Å². The molecule has 1 aromatic heterocycles. The van der Waals surface area contributed by atoms with Gasteiger partial charge in [-0.1, -0.05) is 11.8 Å². The van der Waals surface area contributed by atoms with Crippen LogP contribution in [0, 0.1) is 0 Å². The zero-order valence-electron chi connectivity index (χ0n) is 11.9. The summed E-state index contributed by atoms with van der Waals surface area (Å²) in [6, 6.07) is 3.40. The fourth-order valence-electron chi connectivity index (χ4n) is 1.63. The van der Waals surface area contributed by atoms with Crippen molar-refractivity contribution in [2.24, 2.45) is 10.2 Å². The molecule has 0 aliphatic carbocycles. The van der Waals surface area contributed by atoms with Crippen molar-refractivity contribution in [1.29, 1.82) is 0 Å². The third kappa shape index (κ3) is 5.58. The number of carbonyl (C=O) groups is 3. The first kappa shape index (κ1) is 16.7. The molecule has 2 rings (SSSR count). The zero-order chi connectivity index (χ0) is 16.7. The van der Waals surface area contributed by atoms with E-state index in [0.29, 0.717) is 5.76 Å². The van der Waals surface area contributed by atoms with Gasteiger partial charge in [-0.25, -0.2) is 0 Å². The number of thioether (sulfide) groups is 1. The van der Waals surface area contributed by atoms with Crippen LogP contribution in [0.25, 0.3) is 0 Å². The van der Waals surface area contributed by atoms with Gasteiger partial charge in [-0.3, -0.25) is 9.59 Å². The SMILES string of the molecule is O=C([O-])CCNC(=O)CC1SC(=NN=Cc2ccco2)NC1=O. The number of rotatable bonds is 7. The maximum absolute atomic E-state index is 11.7.